The van der Waals surface area contributed by atoms with Crippen molar-refractivity contribution < 1.29 is 5.21 Å². The summed E-state index contributed by atoms with van der Waals surface area (Å²) in [4.78, 5) is 0. The molecule has 1 aliphatic heterocycles. The Labute approximate surface area is 105 Å². The number of hydroxylamine groups is 2. The quantitative estimate of drug-likeness (QED) is 0.778. The Morgan fingerprint density at radius 1 is 1.35 bits per heavy atom. The SMILES string of the molecule is C=C1C=C(C)C=C(CC(C)CC(C)(C)C)N1O. The minimum atomic E-state index is 0.330. The van der Waals surface area contributed by atoms with Crippen LogP contribution in [0.3, 0.4) is 0 Å². The summed E-state index contributed by atoms with van der Waals surface area (Å²) in [6, 6.07) is 0. The zero-order valence-corrected chi connectivity index (χ0v) is 11.7. The first kappa shape index (κ1) is 14.0. The average molecular weight is 235 g/mol. The van der Waals surface area contributed by atoms with E-state index in [-0.39, 0.29) is 0 Å². The fraction of sp³-hybridized carbons (Fsp3) is 0.600. The predicted octanol–water partition coefficient (Wildman–Crippen LogP) is 4.50. The van der Waals surface area contributed by atoms with Gasteiger partial charge >= 0.3 is 0 Å². The van der Waals surface area contributed by atoms with Crippen LogP contribution in [0.5, 0.6) is 0 Å². The van der Waals surface area contributed by atoms with E-state index in [1.807, 2.05) is 19.1 Å². The highest BCUT2D eigenvalue weighted by atomic mass is 16.5. The van der Waals surface area contributed by atoms with Gasteiger partial charge in [-0.15, -0.1) is 0 Å². The summed E-state index contributed by atoms with van der Waals surface area (Å²) in [5.41, 5.74) is 3.09. The van der Waals surface area contributed by atoms with Gasteiger partial charge in [0, 0.05) is 5.70 Å². The van der Waals surface area contributed by atoms with Gasteiger partial charge in [0.25, 0.3) is 0 Å². The predicted molar refractivity (Wildman–Crippen MR) is 72.5 cm³/mol. The number of rotatable bonds is 3. The van der Waals surface area contributed by atoms with Gasteiger partial charge in [-0.2, -0.15) is 0 Å². The Morgan fingerprint density at radius 3 is 2.47 bits per heavy atom. The van der Waals surface area contributed by atoms with Gasteiger partial charge in [0.2, 0.25) is 0 Å². The minimum Gasteiger partial charge on any atom is -0.284 e. The van der Waals surface area contributed by atoms with Crippen LogP contribution in [0.15, 0.2) is 35.7 Å². The van der Waals surface area contributed by atoms with Crippen LogP contribution in [-0.2, 0) is 0 Å². The maximum atomic E-state index is 9.92. The molecule has 0 aromatic carbocycles. The van der Waals surface area contributed by atoms with Crippen molar-refractivity contribution in [3.63, 3.8) is 0 Å². The van der Waals surface area contributed by atoms with Crippen molar-refractivity contribution in [1.82, 2.24) is 5.06 Å². The van der Waals surface area contributed by atoms with Crippen molar-refractivity contribution in [3.8, 4) is 0 Å². The molecule has 1 atom stereocenters. The molecule has 17 heavy (non-hydrogen) atoms. The van der Waals surface area contributed by atoms with Gasteiger partial charge in [0.05, 0.1) is 5.70 Å². The highest BCUT2D eigenvalue weighted by Crippen LogP contribution is 2.31. The van der Waals surface area contributed by atoms with E-state index in [4.69, 9.17) is 0 Å². The van der Waals surface area contributed by atoms with Gasteiger partial charge in [0.1, 0.15) is 0 Å². The Balaban J connectivity index is 2.68. The maximum Gasteiger partial charge on any atom is 0.0620 e. The first-order valence-electron chi connectivity index (χ1n) is 6.26. The summed E-state index contributed by atoms with van der Waals surface area (Å²) in [5, 5.41) is 11.1. The largest absolute Gasteiger partial charge is 0.284 e. The van der Waals surface area contributed by atoms with E-state index in [1.54, 1.807) is 0 Å². The van der Waals surface area contributed by atoms with Crippen molar-refractivity contribution in [3.05, 3.63) is 35.7 Å². The van der Waals surface area contributed by atoms with Gasteiger partial charge < -0.3 is 0 Å². The smallest absolute Gasteiger partial charge is 0.0620 e. The van der Waals surface area contributed by atoms with E-state index in [0.29, 0.717) is 17.0 Å². The first-order chi connectivity index (χ1) is 7.69. The van der Waals surface area contributed by atoms with E-state index < -0.39 is 0 Å². The summed E-state index contributed by atoms with van der Waals surface area (Å²) in [5.74, 6) is 0.551. The second-order valence-corrected chi connectivity index (χ2v) is 6.40. The topological polar surface area (TPSA) is 23.5 Å². The van der Waals surface area contributed by atoms with E-state index in [0.717, 1.165) is 24.1 Å². The zero-order valence-electron chi connectivity index (χ0n) is 11.7. The lowest BCUT2D eigenvalue weighted by Crippen LogP contribution is -2.22. The van der Waals surface area contributed by atoms with Crippen LogP contribution in [0.25, 0.3) is 0 Å². The molecule has 0 aromatic heterocycles. The molecule has 0 bridgehead atoms. The second-order valence-electron chi connectivity index (χ2n) is 6.40. The number of nitrogens with zero attached hydrogens (tertiary/aromatic N) is 1. The van der Waals surface area contributed by atoms with E-state index in [2.05, 4.69) is 34.3 Å². The lowest BCUT2D eigenvalue weighted by molar-refractivity contribution is -0.0214. The van der Waals surface area contributed by atoms with Crippen LogP contribution in [0, 0.1) is 11.3 Å². The fourth-order valence-electron chi connectivity index (χ4n) is 2.49. The molecule has 96 valence electrons. The Bertz CT molecular complexity index is 358. The zero-order chi connectivity index (χ0) is 13.2. The van der Waals surface area contributed by atoms with Crippen molar-refractivity contribution in [2.24, 2.45) is 11.3 Å². The molecule has 0 radical (unpaired) electrons. The molecule has 0 aromatic rings. The summed E-state index contributed by atoms with van der Waals surface area (Å²) in [7, 11) is 0. The van der Waals surface area contributed by atoms with E-state index in [9.17, 15) is 5.21 Å². The molecule has 0 fully saturated rings. The van der Waals surface area contributed by atoms with E-state index >= 15 is 0 Å². The van der Waals surface area contributed by atoms with Crippen LogP contribution in [0.4, 0.5) is 0 Å². The van der Waals surface area contributed by atoms with Crippen LogP contribution in [0.1, 0.15) is 47.5 Å². The molecule has 1 N–H and O–H groups in total. The molecule has 2 nitrogen and oxygen atoms in total. The van der Waals surface area contributed by atoms with Crippen LogP contribution < -0.4 is 0 Å². The third-order valence-electron chi connectivity index (χ3n) is 2.85. The molecule has 1 heterocycles. The highest BCUT2D eigenvalue weighted by Gasteiger charge is 2.20. The summed E-state index contributed by atoms with van der Waals surface area (Å²) in [6.45, 7) is 14.9. The molecule has 0 aliphatic carbocycles. The molecule has 1 rings (SSSR count). The summed E-state index contributed by atoms with van der Waals surface area (Å²) < 4.78 is 0. The Hall–Kier alpha value is -1.02. The van der Waals surface area contributed by atoms with Crippen molar-refractivity contribution in [1.29, 1.82) is 0 Å². The molecule has 0 spiro atoms. The minimum absolute atomic E-state index is 0.330. The highest BCUT2D eigenvalue weighted by molar-refractivity contribution is 5.35. The number of allylic oxidation sites excluding steroid dienone is 4. The van der Waals surface area contributed by atoms with Crippen LogP contribution >= 0.6 is 0 Å². The Morgan fingerprint density at radius 2 is 1.94 bits per heavy atom. The maximum absolute atomic E-state index is 9.92. The monoisotopic (exact) mass is 235 g/mol. The van der Waals surface area contributed by atoms with Crippen LogP contribution in [0.2, 0.25) is 0 Å². The van der Waals surface area contributed by atoms with Crippen molar-refractivity contribution in [2.45, 2.75) is 47.5 Å². The molecule has 0 saturated heterocycles. The molecule has 1 unspecified atom stereocenters. The first-order valence-corrected chi connectivity index (χ1v) is 6.26. The number of hydrogen-bond acceptors (Lipinski definition) is 2. The van der Waals surface area contributed by atoms with Gasteiger partial charge in [-0.05, 0) is 48.8 Å². The Kier molecular flexibility index (Phi) is 4.21. The number of hydrogen-bond donors (Lipinski definition) is 1. The van der Waals surface area contributed by atoms with Gasteiger partial charge in [-0.1, -0.05) is 34.3 Å². The van der Waals surface area contributed by atoms with Gasteiger partial charge in [-0.25, -0.2) is 5.06 Å². The molecule has 1 aliphatic rings. The lowest BCUT2D eigenvalue weighted by Gasteiger charge is -2.29. The van der Waals surface area contributed by atoms with Gasteiger partial charge in [-0.3, -0.25) is 5.21 Å². The fourth-order valence-corrected chi connectivity index (χ4v) is 2.49. The normalized spacial score (nSPS) is 18.9. The molecule has 2 heteroatoms. The standard InChI is InChI=1S/C15H25NO/c1-11-7-13(3)16(17)14(8-11)9-12(2)10-15(4,5)6/h7-8,12,17H,3,9-10H2,1-2,4-6H3. The lowest BCUT2D eigenvalue weighted by atomic mass is 9.83. The molecule has 0 saturated carbocycles. The molecule has 0 amide bonds. The van der Waals surface area contributed by atoms with Crippen LogP contribution in [-0.4, -0.2) is 10.3 Å². The van der Waals surface area contributed by atoms with Crippen molar-refractivity contribution in [2.75, 3.05) is 0 Å². The van der Waals surface area contributed by atoms with Crippen molar-refractivity contribution >= 4 is 0 Å². The molecular weight excluding hydrogens is 210 g/mol. The summed E-state index contributed by atoms with van der Waals surface area (Å²) in [6.07, 6.45) is 5.96. The van der Waals surface area contributed by atoms with Gasteiger partial charge in [0.15, 0.2) is 0 Å². The molecular formula is C15H25NO. The third kappa shape index (κ3) is 4.39. The third-order valence-corrected chi connectivity index (χ3v) is 2.85. The average Bonchev–Trinajstić information content (AvgIpc) is 2.10. The second kappa shape index (κ2) is 5.09. The summed E-state index contributed by atoms with van der Waals surface area (Å²) >= 11 is 0. The van der Waals surface area contributed by atoms with E-state index in [1.165, 1.54) is 5.06 Å².